The summed E-state index contributed by atoms with van der Waals surface area (Å²) in [7, 11) is 0. The molecule has 2 aromatic rings. The van der Waals surface area contributed by atoms with Crippen molar-refractivity contribution in [3.8, 4) is 0 Å². The maximum atomic E-state index is 11.0. The van der Waals surface area contributed by atoms with E-state index >= 15 is 0 Å². The van der Waals surface area contributed by atoms with Crippen molar-refractivity contribution in [3.63, 3.8) is 0 Å². The van der Waals surface area contributed by atoms with Gasteiger partial charge in [0.2, 0.25) is 5.91 Å². The van der Waals surface area contributed by atoms with Gasteiger partial charge in [0.1, 0.15) is 17.0 Å². The number of aromatic nitrogens is 2. The largest absolute Gasteiger partial charge is 0.367 e. The van der Waals surface area contributed by atoms with E-state index in [4.69, 9.17) is 0 Å². The van der Waals surface area contributed by atoms with Gasteiger partial charge in [0.25, 0.3) is 0 Å². The zero-order chi connectivity index (χ0) is 12.4. The van der Waals surface area contributed by atoms with Crippen molar-refractivity contribution in [3.05, 3.63) is 12.4 Å². The van der Waals surface area contributed by atoms with Gasteiger partial charge in [-0.3, -0.25) is 4.79 Å². The summed E-state index contributed by atoms with van der Waals surface area (Å²) >= 11 is 1.44. The highest BCUT2D eigenvalue weighted by Gasteiger charge is 2.09. The van der Waals surface area contributed by atoms with E-state index < -0.39 is 0 Å². The minimum absolute atomic E-state index is 0.0807. The Labute approximate surface area is 103 Å². The van der Waals surface area contributed by atoms with Gasteiger partial charge in [-0.1, -0.05) is 11.3 Å². The number of thiophene rings is 1. The molecular weight excluding hydrogens is 236 g/mol. The molecule has 0 unspecified atom stereocenters. The van der Waals surface area contributed by atoms with Crippen molar-refractivity contribution < 1.29 is 4.79 Å². The average Bonchev–Trinajstić information content (AvgIpc) is 2.59. The third-order valence-electron chi connectivity index (χ3n) is 2.05. The Hall–Kier alpha value is -1.69. The van der Waals surface area contributed by atoms with E-state index in [1.807, 2.05) is 6.07 Å². The van der Waals surface area contributed by atoms with E-state index in [-0.39, 0.29) is 5.91 Å². The predicted molar refractivity (Wildman–Crippen MR) is 70.5 cm³/mol. The first-order valence-electron chi connectivity index (χ1n) is 5.35. The number of nitrogens with one attached hydrogen (secondary N) is 2. The lowest BCUT2D eigenvalue weighted by Crippen LogP contribution is -2.11. The molecule has 0 saturated heterocycles. The lowest BCUT2D eigenvalue weighted by molar-refractivity contribution is -0.114. The van der Waals surface area contributed by atoms with Crippen molar-refractivity contribution in [2.75, 3.05) is 10.6 Å². The first kappa shape index (κ1) is 11.8. The molecule has 2 N–H and O–H groups in total. The topological polar surface area (TPSA) is 66.9 Å². The van der Waals surface area contributed by atoms with Crippen LogP contribution in [0.1, 0.15) is 20.8 Å². The molecule has 0 spiro atoms. The number of rotatable bonds is 3. The van der Waals surface area contributed by atoms with Gasteiger partial charge in [-0.05, 0) is 19.9 Å². The minimum Gasteiger partial charge on any atom is -0.367 e. The highest BCUT2D eigenvalue weighted by molar-refractivity contribution is 7.22. The highest BCUT2D eigenvalue weighted by Crippen LogP contribution is 2.31. The minimum atomic E-state index is -0.0807. The summed E-state index contributed by atoms with van der Waals surface area (Å²) in [5, 5.41) is 7.75. The van der Waals surface area contributed by atoms with Crippen LogP contribution in [0.5, 0.6) is 0 Å². The summed E-state index contributed by atoms with van der Waals surface area (Å²) in [5.41, 5.74) is 0. The van der Waals surface area contributed by atoms with Crippen molar-refractivity contribution in [1.29, 1.82) is 0 Å². The van der Waals surface area contributed by atoms with Gasteiger partial charge in [0.15, 0.2) is 0 Å². The molecular formula is C11H14N4OS. The third-order valence-corrected chi connectivity index (χ3v) is 3.01. The first-order valence-corrected chi connectivity index (χ1v) is 6.16. The molecule has 0 aliphatic carbocycles. The second-order valence-corrected chi connectivity index (χ2v) is 5.06. The van der Waals surface area contributed by atoms with Crippen LogP contribution in [0, 0.1) is 0 Å². The molecule has 0 fully saturated rings. The molecule has 0 bridgehead atoms. The van der Waals surface area contributed by atoms with Crippen LogP contribution in [-0.4, -0.2) is 21.9 Å². The fourth-order valence-corrected chi connectivity index (χ4v) is 2.42. The first-order chi connectivity index (χ1) is 8.06. The van der Waals surface area contributed by atoms with Crippen molar-refractivity contribution in [2.45, 2.75) is 26.8 Å². The molecule has 0 aliphatic rings. The van der Waals surface area contributed by atoms with E-state index in [1.54, 1.807) is 0 Å². The van der Waals surface area contributed by atoms with Crippen LogP contribution in [0.4, 0.5) is 10.8 Å². The Morgan fingerprint density at radius 3 is 2.82 bits per heavy atom. The van der Waals surface area contributed by atoms with Crippen molar-refractivity contribution in [1.82, 2.24) is 9.97 Å². The Morgan fingerprint density at radius 2 is 2.18 bits per heavy atom. The Morgan fingerprint density at radius 1 is 1.41 bits per heavy atom. The van der Waals surface area contributed by atoms with Crippen LogP contribution in [0.25, 0.3) is 10.2 Å². The number of anilines is 2. The number of carbonyl (C=O) groups is 1. The Balaban J connectivity index is 2.41. The lowest BCUT2D eigenvalue weighted by atomic mass is 10.3. The van der Waals surface area contributed by atoms with Crippen LogP contribution in [-0.2, 0) is 4.79 Å². The van der Waals surface area contributed by atoms with E-state index in [9.17, 15) is 4.79 Å². The Bertz CT molecular complexity index is 549. The van der Waals surface area contributed by atoms with Gasteiger partial charge in [0, 0.05) is 13.0 Å². The van der Waals surface area contributed by atoms with Crippen LogP contribution >= 0.6 is 11.3 Å². The molecule has 0 radical (unpaired) electrons. The van der Waals surface area contributed by atoms with E-state index in [2.05, 4.69) is 34.4 Å². The van der Waals surface area contributed by atoms with Crippen LogP contribution in [0.2, 0.25) is 0 Å². The molecule has 6 heteroatoms. The van der Waals surface area contributed by atoms with Gasteiger partial charge >= 0.3 is 0 Å². The third kappa shape index (κ3) is 2.71. The molecule has 0 saturated carbocycles. The molecule has 2 aromatic heterocycles. The van der Waals surface area contributed by atoms with Gasteiger partial charge < -0.3 is 10.6 Å². The van der Waals surface area contributed by atoms with Gasteiger partial charge in [-0.25, -0.2) is 9.97 Å². The van der Waals surface area contributed by atoms with Crippen LogP contribution < -0.4 is 10.6 Å². The quantitative estimate of drug-likeness (QED) is 0.878. The lowest BCUT2D eigenvalue weighted by Gasteiger charge is -2.08. The summed E-state index contributed by atoms with van der Waals surface area (Å²) in [6, 6.07) is 2.20. The molecule has 5 nitrogen and oxygen atoms in total. The fourth-order valence-electron chi connectivity index (χ4n) is 1.48. The molecule has 2 rings (SSSR count). The van der Waals surface area contributed by atoms with Gasteiger partial charge in [0.05, 0.1) is 10.4 Å². The molecule has 1 amide bonds. The fraction of sp³-hybridized carbons (Fsp3) is 0.364. The zero-order valence-electron chi connectivity index (χ0n) is 9.94. The maximum absolute atomic E-state index is 11.0. The Kier molecular flexibility index (Phi) is 3.23. The van der Waals surface area contributed by atoms with Crippen molar-refractivity contribution in [2.24, 2.45) is 0 Å². The second-order valence-electron chi connectivity index (χ2n) is 4.03. The van der Waals surface area contributed by atoms with Gasteiger partial charge in [-0.2, -0.15) is 0 Å². The average molecular weight is 250 g/mol. The summed E-state index contributed by atoms with van der Waals surface area (Å²) in [6.07, 6.45) is 1.53. The number of fused-ring (bicyclic) bond motifs is 1. The summed E-state index contributed by atoms with van der Waals surface area (Å²) in [5.74, 6) is 0.723. The molecule has 0 aromatic carbocycles. The number of carbonyl (C=O) groups excluding carboxylic acids is 1. The van der Waals surface area contributed by atoms with E-state index in [1.165, 1.54) is 24.6 Å². The molecule has 17 heavy (non-hydrogen) atoms. The molecule has 0 aliphatic heterocycles. The maximum Gasteiger partial charge on any atom is 0.221 e. The zero-order valence-corrected chi connectivity index (χ0v) is 10.8. The standard InChI is InChI=1S/C11H14N4OS/c1-6(2)14-10-8-4-9(15-7(3)16)17-11(8)13-5-12-10/h4-6H,1-3H3,(H,15,16)(H,12,13,14). The van der Waals surface area contributed by atoms with E-state index in [0.717, 1.165) is 21.0 Å². The predicted octanol–water partition coefficient (Wildman–Crippen LogP) is 2.47. The molecule has 0 atom stereocenters. The number of hydrogen-bond acceptors (Lipinski definition) is 5. The molecule has 2 heterocycles. The summed E-state index contributed by atoms with van der Waals surface area (Å²) < 4.78 is 0. The summed E-state index contributed by atoms with van der Waals surface area (Å²) in [4.78, 5) is 20.3. The monoisotopic (exact) mass is 250 g/mol. The van der Waals surface area contributed by atoms with Crippen molar-refractivity contribution >= 4 is 38.3 Å². The number of hydrogen-bond donors (Lipinski definition) is 2. The number of amides is 1. The van der Waals surface area contributed by atoms with Crippen LogP contribution in [0.3, 0.4) is 0 Å². The second kappa shape index (κ2) is 4.67. The van der Waals surface area contributed by atoms with Crippen LogP contribution in [0.15, 0.2) is 12.4 Å². The molecule has 90 valence electrons. The summed E-state index contributed by atoms with van der Waals surface area (Å²) in [6.45, 7) is 5.59. The SMILES string of the molecule is CC(=O)Nc1cc2c(NC(C)C)ncnc2s1. The van der Waals surface area contributed by atoms with E-state index in [0.29, 0.717) is 6.04 Å². The smallest absolute Gasteiger partial charge is 0.221 e. The highest BCUT2D eigenvalue weighted by atomic mass is 32.1. The normalized spacial score (nSPS) is 10.8. The number of nitrogens with zero attached hydrogens (tertiary/aromatic N) is 2. The van der Waals surface area contributed by atoms with Gasteiger partial charge in [-0.15, -0.1) is 0 Å².